The van der Waals surface area contributed by atoms with Crippen LogP contribution in [0.25, 0.3) is 0 Å². The number of nitrogens with zero attached hydrogens (tertiary/aromatic N) is 2. The van der Waals surface area contributed by atoms with Gasteiger partial charge >= 0.3 is 0 Å². The van der Waals surface area contributed by atoms with Gasteiger partial charge in [-0.2, -0.15) is 0 Å². The number of amides is 1. The smallest absolute Gasteiger partial charge is 0.254 e. The number of pyridine rings is 1. The molecular weight excluding hydrogens is 261 g/mol. The van der Waals surface area contributed by atoms with Gasteiger partial charge in [0.2, 0.25) is 0 Å². The molecule has 106 valence electrons. The maximum absolute atomic E-state index is 14.0. The first-order valence-corrected chi connectivity index (χ1v) is 6.36. The molecule has 2 rings (SSSR count). The van der Waals surface area contributed by atoms with E-state index in [1.54, 1.807) is 12.5 Å². The van der Waals surface area contributed by atoms with Gasteiger partial charge in [-0.25, -0.2) is 14.4 Å². The minimum atomic E-state index is -0.631. The summed E-state index contributed by atoms with van der Waals surface area (Å²) >= 11 is 0. The molecule has 7 heteroatoms. The molecule has 2 aromatic heterocycles. The summed E-state index contributed by atoms with van der Waals surface area (Å²) in [7, 11) is 0. The Morgan fingerprint density at radius 1 is 1.50 bits per heavy atom. The molecule has 20 heavy (non-hydrogen) atoms. The predicted molar refractivity (Wildman–Crippen MR) is 73.0 cm³/mol. The lowest BCUT2D eigenvalue weighted by Crippen LogP contribution is -2.27. The highest BCUT2D eigenvalue weighted by atomic mass is 19.1. The number of aromatic amines is 1. The molecule has 2 aromatic rings. The molecule has 3 N–H and O–H groups in total. The number of anilines is 1. The van der Waals surface area contributed by atoms with Crippen molar-refractivity contribution in [2.45, 2.75) is 13.3 Å². The Balaban J connectivity index is 1.96. The molecule has 2 heterocycles. The molecule has 0 unspecified atom stereocenters. The highest BCUT2D eigenvalue weighted by molar-refractivity contribution is 5.95. The van der Waals surface area contributed by atoms with Crippen LogP contribution in [0.4, 0.5) is 10.2 Å². The van der Waals surface area contributed by atoms with Crippen LogP contribution in [-0.4, -0.2) is 33.9 Å². The van der Waals surface area contributed by atoms with E-state index in [4.69, 9.17) is 0 Å². The second-order valence-corrected chi connectivity index (χ2v) is 4.13. The zero-order valence-electron chi connectivity index (χ0n) is 11.1. The molecule has 0 saturated heterocycles. The van der Waals surface area contributed by atoms with Crippen molar-refractivity contribution in [3.05, 3.63) is 41.9 Å². The Kier molecular flexibility index (Phi) is 4.65. The first kappa shape index (κ1) is 14.0. The van der Waals surface area contributed by atoms with Gasteiger partial charge in [-0.15, -0.1) is 0 Å². The Morgan fingerprint density at radius 2 is 2.35 bits per heavy atom. The standard InChI is InChI=1S/C13H16FN5O/c1-2-16-12-11(14)10(4-6-17-12)13(20)18-5-3-9-7-15-8-19-9/h4,6-8H,2-3,5H2,1H3,(H,15,19)(H,16,17)(H,18,20). The minimum Gasteiger partial charge on any atom is -0.368 e. The van der Waals surface area contributed by atoms with Gasteiger partial charge in [0.05, 0.1) is 11.9 Å². The third-order valence-electron chi connectivity index (χ3n) is 2.71. The van der Waals surface area contributed by atoms with Crippen molar-refractivity contribution >= 4 is 11.7 Å². The lowest BCUT2D eigenvalue weighted by Gasteiger charge is -2.08. The molecule has 6 nitrogen and oxygen atoms in total. The number of imidazole rings is 1. The van der Waals surface area contributed by atoms with E-state index in [1.165, 1.54) is 12.3 Å². The molecule has 0 aliphatic carbocycles. The Hall–Kier alpha value is -2.44. The lowest BCUT2D eigenvalue weighted by molar-refractivity contribution is 0.0950. The summed E-state index contributed by atoms with van der Waals surface area (Å²) in [5, 5.41) is 5.44. The lowest BCUT2D eigenvalue weighted by atomic mass is 10.2. The van der Waals surface area contributed by atoms with Crippen LogP contribution in [0, 0.1) is 5.82 Å². The number of nitrogens with one attached hydrogen (secondary N) is 3. The van der Waals surface area contributed by atoms with Crippen molar-refractivity contribution in [2.75, 3.05) is 18.4 Å². The maximum atomic E-state index is 14.0. The fraction of sp³-hybridized carbons (Fsp3) is 0.308. The average Bonchev–Trinajstić information content (AvgIpc) is 2.94. The van der Waals surface area contributed by atoms with Crippen LogP contribution in [0.3, 0.4) is 0 Å². The van der Waals surface area contributed by atoms with Crippen molar-refractivity contribution < 1.29 is 9.18 Å². The summed E-state index contributed by atoms with van der Waals surface area (Å²) in [4.78, 5) is 22.6. The number of carbonyl (C=O) groups excluding carboxylic acids is 1. The van der Waals surface area contributed by atoms with Crippen LogP contribution in [0.2, 0.25) is 0 Å². The van der Waals surface area contributed by atoms with Crippen molar-refractivity contribution in [1.82, 2.24) is 20.3 Å². The summed E-state index contributed by atoms with van der Waals surface area (Å²) in [6, 6.07) is 1.36. The maximum Gasteiger partial charge on any atom is 0.254 e. The quantitative estimate of drug-likeness (QED) is 0.744. The third-order valence-corrected chi connectivity index (χ3v) is 2.71. The molecule has 0 radical (unpaired) electrons. The molecular formula is C13H16FN5O. The zero-order valence-corrected chi connectivity index (χ0v) is 11.1. The molecule has 0 aliphatic heterocycles. The van der Waals surface area contributed by atoms with E-state index in [0.717, 1.165) is 5.69 Å². The average molecular weight is 277 g/mol. The SMILES string of the molecule is CCNc1nccc(C(=O)NCCc2cnc[nH]2)c1F. The van der Waals surface area contributed by atoms with Crippen LogP contribution in [0.5, 0.6) is 0 Å². The van der Waals surface area contributed by atoms with Crippen molar-refractivity contribution in [3.63, 3.8) is 0 Å². The van der Waals surface area contributed by atoms with Gasteiger partial charge in [0.25, 0.3) is 5.91 Å². The number of carbonyl (C=O) groups is 1. The topological polar surface area (TPSA) is 82.7 Å². The number of halogens is 1. The first-order valence-electron chi connectivity index (χ1n) is 6.36. The third kappa shape index (κ3) is 3.31. The molecule has 0 fully saturated rings. The van der Waals surface area contributed by atoms with Crippen LogP contribution >= 0.6 is 0 Å². The van der Waals surface area contributed by atoms with Gasteiger partial charge in [0, 0.05) is 37.6 Å². The van der Waals surface area contributed by atoms with E-state index in [2.05, 4.69) is 25.6 Å². The Labute approximate surface area is 115 Å². The van der Waals surface area contributed by atoms with Crippen molar-refractivity contribution in [1.29, 1.82) is 0 Å². The molecule has 0 saturated carbocycles. The van der Waals surface area contributed by atoms with Gasteiger partial charge in [-0.1, -0.05) is 0 Å². The van der Waals surface area contributed by atoms with Gasteiger partial charge in [-0.05, 0) is 13.0 Å². The van der Waals surface area contributed by atoms with E-state index in [1.807, 2.05) is 6.92 Å². The fourth-order valence-corrected chi connectivity index (χ4v) is 1.74. The summed E-state index contributed by atoms with van der Waals surface area (Å²) < 4.78 is 14.0. The van der Waals surface area contributed by atoms with Crippen LogP contribution < -0.4 is 10.6 Å². The summed E-state index contributed by atoms with van der Waals surface area (Å²) in [5.41, 5.74) is 0.898. The predicted octanol–water partition coefficient (Wildman–Crippen LogP) is 1.35. The number of rotatable bonds is 6. The number of hydrogen-bond acceptors (Lipinski definition) is 4. The first-order chi connectivity index (χ1) is 9.72. The fourth-order valence-electron chi connectivity index (χ4n) is 1.74. The summed E-state index contributed by atoms with van der Waals surface area (Å²) in [6.07, 6.45) is 5.27. The largest absolute Gasteiger partial charge is 0.368 e. The van der Waals surface area contributed by atoms with E-state index in [-0.39, 0.29) is 11.4 Å². The number of H-pyrrole nitrogens is 1. The summed E-state index contributed by atoms with van der Waals surface area (Å²) in [5.74, 6) is -0.995. The second kappa shape index (κ2) is 6.65. The highest BCUT2D eigenvalue weighted by Crippen LogP contribution is 2.14. The molecule has 0 spiro atoms. The van der Waals surface area contributed by atoms with Gasteiger partial charge in [-0.3, -0.25) is 4.79 Å². The van der Waals surface area contributed by atoms with Crippen molar-refractivity contribution in [3.8, 4) is 0 Å². The van der Waals surface area contributed by atoms with E-state index < -0.39 is 11.7 Å². The Morgan fingerprint density at radius 3 is 3.05 bits per heavy atom. The van der Waals surface area contributed by atoms with E-state index >= 15 is 0 Å². The highest BCUT2D eigenvalue weighted by Gasteiger charge is 2.15. The molecule has 1 amide bonds. The molecule has 0 aliphatic rings. The van der Waals surface area contributed by atoms with E-state index in [0.29, 0.717) is 19.5 Å². The van der Waals surface area contributed by atoms with Crippen LogP contribution in [0.15, 0.2) is 24.8 Å². The minimum absolute atomic E-state index is 0.0134. The monoisotopic (exact) mass is 277 g/mol. The molecule has 0 bridgehead atoms. The molecule has 0 aromatic carbocycles. The number of aromatic nitrogens is 3. The number of hydrogen-bond donors (Lipinski definition) is 3. The van der Waals surface area contributed by atoms with Crippen LogP contribution in [-0.2, 0) is 6.42 Å². The Bertz CT molecular complexity index is 570. The van der Waals surface area contributed by atoms with Gasteiger partial charge < -0.3 is 15.6 Å². The second-order valence-electron chi connectivity index (χ2n) is 4.13. The van der Waals surface area contributed by atoms with Gasteiger partial charge in [0.15, 0.2) is 11.6 Å². The normalized spacial score (nSPS) is 10.3. The molecule has 0 atom stereocenters. The van der Waals surface area contributed by atoms with Gasteiger partial charge in [0.1, 0.15) is 0 Å². The van der Waals surface area contributed by atoms with Crippen molar-refractivity contribution in [2.24, 2.45) is 0 Å². The van der Waals surface area contributed by atoms with Crippen LogP contribution in [0.1, 0.15) is 23.0 Å². The summed E-state index contributed by atoms with van der Waals surface area (Å²) in [6.45, 7) is 2.77. The van der Waals surface area contributed by atoms with E-state index in [9.17, 15) is 9.18 Å². The zero-order chi connectivity index (χ0) is 14.4.